The molecule has 0 spiro atoms. The number of hydrogen-bond acceptors (Lipinski definition) is 6. The minimum Gasteiger partial charge on any atom is -0.462 e. The van der Waals surface area contributed by atoms with Crippen LogP contribution in [0.4, 0.5) is 0 Å². The van der Waals surface area contributed by atoms with E-state index in [0.717, 1.165) is 103 Å². The number of ether oxygens (including phenoxy) is 3. The molecule has 0 N–H and O–H groups in total. The Labute approximate surface area is 503 Å². The highest BCUT2D eigenvalue weighted by molar-refractivity contribution is 5.71. The van der Waals surface area contributed by atoms with E-state index in [1.807, 2.05) is 0 Å². The SMILES string of the molecule is CC/C=C\C/C=C\C/C=C\C/C=C\CCCCCCCCCCCCCCCCCCCCC(=O)OCC(COC(=O)CCCCCCC/C=C\C/C=C\CCCCC)OC(=O)CCCCCCCCCCCCCCCCCCC. The predicted octanol–water partition coefficient (Wildman–Crippen LogP) is 24.4. The summed E-state index contributed by atoms with van der Waals surface area (Å²) in [4.78, 5) is 38.4. The van der Waals surface area contributed by atoms with E-state index < -0.39 is 6.10 Å². The zero-order chi connectivity index (χ0) is 58.5. The molecule has 470 valence electrons. The van der Waals surface area contributed by atoms with E-state index in [9.17, 15) is 14.4 Å². The molecule has 0 saturated heterocycles. The van der Waals surface area contributed by atoms with Crippen molar-refractivity contribution in [2.24, 2.45) is 0 Å². The van der Waals surface area contributed by atoms with Gasteiger partial charge in [-0.3, -0.25) is 14.4 Å². The molecule has 0 aliphatic heterocycles. The fraction of sp³-hybridized carbons (Fsp3) is 0.800. The lowest BCUT2D eigenvalue weighted by Crippen LogP contribution is -2.30. The molecule has 1 atom stereocenters. The summed E-state index contributed by atoms with van der Waals surface area (Å²) in [6.45, 7) is 6.55. The topological polar surface area (TPSA) is 78.9 Å². The third-order valence-electron chi connectivity index (χ3n) is 15.7. The molecule has 0 fully saturated rings. The van der Waals surface area contributed by atoms with Crippen LogP contribution in [0.3, 0.4) is 0 Å². The van der Waals surface area contributed by atoms with E-state index in [1.54, 1.807) is 0 Å². The van der Waals surface area contributed by atoms with Gasteiger partial charge in [-0.15, -0.1) is 0 Å². The van der Waals surface area contributed by atoms with Crippen LogP contribution in [-0.2, 0) is 28.6 Å². The van der Waals surface area contributed by atoms with Crippen molar-refractivity contribution in [3.8, 4) is 0 Å². The van der Waals surface area contributed by atoms with Gasteiger partial charge >= 0.3 is 17.9 Å². The molecule has 0 aliphatic rings. The predicted molar refractivity (Wildman–Crippen MR) is 353 cm³/mol. The summed E-state index contributed by atoms with van der Waals surface area (Å²) in [6.07, 6.45) is 90.8. The minimum atomic E-state index is -0.779. The number of unbranched alkanes of at least 4 members (excludes halogenated alkanes) is 42. The molecule has 0 amide bonds. The number of allylic oxidation sites excluding steroid dienone is 12. The van der Waals surface area contributed by atoms with Crippen molar-refractivity contribution in [1.29, 1.82) is 0 Å². The molecule has 1 unspecified atom stereocenters. The van der Waals surface area contributed by atoms with Crippen LogP contribution in [0.1, 0.15) is 367 Å². The summed E-state index contributed by atoms with van der Waals surface area (Å²) in [7, 11) is 0. The van der Waals surface area contributed by atoms with Crippen LogP contribution in [0.25, 0.3) is 0 Å². The third kappa shape index (κ3) is 67.5. The van der Waals surface area contributed by atoms with Crippen LogP contribution in [0.2, 0.25) is 0 Å². The Morgan fingerprint density at radius 2 is 0.481 bits per heavy atom. The highest BCUT2D eigenvalue weighted by atomic mass is 16.6. The molecule has 0 aromatic heterocycles. The van der Waals surface area contributed by atoms with Gasteiger partial charge in [-0.1, -0.05) is 331 Å². The second-order valence-electron chi connectivity index (χ2n) is 23.8. The van der Waals surface area contributed by atoms with Crippen LogP contribution in [-0.4, -0.2) is 37.2 Å². The first-order valence-electron chi connectivity index (χ1n) is 35.4. The van der Waals surface area contributed by atoms with E-state index in [1.165, 1.54) is 225 Å². The minimum absolute atomic E-state index is 0.0742. The average molecular weight is 1130 g/mol. The zero-order valence-corrected chi connectivity index (χ0v) is 54.1. The van der Waals surface area contributed by atoms with Gasteiger partial charge in [-0.2, -0.15) is 0 Å². The maximum atomic E-state index is 12.9. The Hall–Kier alpha value is -3.15. The number of carbonyl (C=O) groups is 3. The largest absolute Gasteiger partial charge is 0.462 e. The molecule has 0 saturated carbocycles. The van der Waals surface area contributed by atoms with Crippen molar-refractivity contribution in [3.05, 3.63) is 72.9 Å². The number of esters is 3. The first-order chi connectivity index (χ1) is 40.0. The highest BCUT2D eigenvalue weighted by Gasteiger charge is 2.19. The summed E-state index contributed by atoms with van der Waals surface area (Å²) in [5.41, 5.74) is 0. The second-order valence-corrected chi connectivity index (χ2v) is 23.8. The van der Waals surface area contributed by atoms with E-state index >= 15 is 0 Å². The van der Waals surface area contributed by atoms with E-state index in [-0.39, 0.29) is 31.1 Å². The van der Waals surface area contributed by atoms with Gasteiger partial charge in [0.2, 0.25) is 0 Å². The molecule has 6 heteroatoms. The van der Waals surface area contributed by atoms with Crippen LogP contribution >= 0.6 is 0 Å². The van der Waals surface area contributed by atoms with Crippen LogP contribution in [0.15, 0.2) is 72.9 Å². The van der Waals surface area contributed by atoms with Crippen molar-refractivity contribution in [2.45, 2.75) is 374 Å². The first-order valence-corrected chi connectivity index (χ1v) is 35.4. The Balaban J connectivity index is 4.20. The van der Waals surface area contributed by atoms with Crippen molar-refractivity contribution >= 4 is 17.9 Å². The average Bonchev–Trinajstić information content (AvgIpc) is 3.47. The van der Waals surface area contributed by atoms with E-state index in [2.05, 4.69) is 93.7 Å². The van der Waals surface area contributed by atoms with Crippen LogP contribution < -0.4 is 0 Å². The molecule has 6 nitrogen and oxygen atoms in total. The monoisotopic (exact) mass is 1130 g/mol. The second kappa shape index (κ2) is 69.3. The Bertz CT molecular complexity index is 1490. The van der Waals surface area contributed by atoms with Crippen molar-refractivity contribution in [2.75, 3.05) is 13.2 Å². The van der Waals surface area contributed by atoms with Gasteiger partial charge in [-0.05, 0) is 89.9 Å². The van der Waals surface area contributed by atoms with Crippen molar-refractivity contribution < 1.29 is 28.6 Å². The molecular weight excluding hydrogens is 997 g/mol. The number of carbonyl (C=O) groups excluding carboxylic acids is 3. The van der Waals surface area contributed by atoms with Gasteiger partial charge < -0.3 is 14.2 Å². The molecular formula is C75H134O6. The smallest absolute Gasteiger partial charge is 0.306 e. The molecule has 0 aliphatic carbocycles. The normalized spacial score (nSPS) is 12.5. The van der Waals surface area contributed by atoms with Crippen LogP contribution in [0, 0.1) is 0 Å². The lowest BCUT2D eigenvalue weighted by Gasteiger charge is -2.18. The zero-order valence-electron chi connectivity index (χ0n) is 54.1. The summed E-state index contributed by atoms with van der Waals surface area (Å²) < 4.78 is 17.0. The molecule has 0 heterocycles. The van der Waals surface area contributed by atoms with Gasteiger partial charge in [0.15, 0.2) is 6.10 Å². The number of hydrogen-bond donors (Lipinski definition) is 0. The summed E-state index contributed by atoms with van der Waals surface area (Å²) in [5.74, 6) is -0.864. The Kier molecular flexibility index (Phi) is 66.6. The Morgan fingerprint density at radius 1 is 0.259 bits per heavy atom. The molecule has 81 heavy (non-hydrogen) atoms. The summed E-state index contributed by atoms with van der Waals surface area (Å²) in [6, 6.07) is 0. The quantitative estimate of drug-likeness (QED) is 0.0261. The maximum Gasteiger partial charge on any atom is 0.306 e. The Morgan fingerprint density at radius 3 is 0.778 bits per heavy atom. The molecule has 0 aromatic rings. The highest BCUT2D eigenvalue weighted by Crippen LogP contribution is 2.18. The fourth-order valence-corrected chi connectivity index (χ4v) is 10.4. The lowest BCUT2D eigenvalue weighted by molar-refractivity contribution is -0.167. The van der Waals surface area contributed by atoms with Gasteiger partial charge in [0.25, 0.3) is 0 Å². The van der Waals surface area contributed by atoms with E-state index in [0.29, 0.717) is 19.3 Å². The number of rotatable bonds is 65. The fourth-order valence-electron chi connectivity index (χ4n) is 10.4. The van der Waals surface area contributed by atoms with Crippen LogP contribution in [0.5, 0.6) is 0 Å². The summed E-state index contributed by atoms with van der Waals surface area (Å²) in [5, 5.41) is 0. The lowest BCUT2D eigenvalue weighted by atomic mass is 10.0. The van der Waals surface area contributed by atoms with E-state index in [4.69, 9.17) is 14.2 Å². The van der Waals surface area contributed by atoms with Gasteiger partial charge in [0, 0.05) is 19.3 Å². The third-order valence-corrected chi connectivity index (χ3v) is 15.7. The molecule has 0 radical (unpaired) electrons. The molecule has 0 rings (SSSR count). The first kappa shape index (κ1) is 77.9. The standard InChI is InChI=1S/C75H134O6/c1-4-7-10-13-16-19-22-25-28-30-31-32-33-34-35-36-37-38-39-40-41-42-43-45-47-50-53-56-59-62-65-68-74(77)80-71-72(70-79-73(76)67-64-61-58-55-52-49-46-27-24-21-18-15-12-9-6-3)81-75(78)69-66-63-60-57-54-51-48-44-29-26-23-20-17-14-11-8-5-2/h7,10,16,18-19,21,25,27-28,31-32,46,72H,4-6,8-9,11-15,17,20,22-24,26,29-30,33-45,47-71H2,1-3H3/b10-7-,19-16-,21-18-,28-25-,32-31-,46-27-. The van der Waals surface area contributed by atoms with Gasteiger partial charge in [0.1, 0.15) is 13.2 Å². The van der Waals surface area contributed by atoms with Gasteiger partial charge in [-0.25, -0.2) is 0 Å². The molecule has 0 bridgehead atoms. The summed E-state index contributed by atoms with van der Waals surface area (Å²) >= 11 is 0. The van der Waals surface area contributed by atoms with Crippen molar-refractivity contribution in [3.63, 3.8) is 0 Å². The molecule has 0 aromatic carbocycles. The maximum absolute atomic E-state index is 12.9. The van der Waals surface area contributed by atoms with Gasteiger partial charge in [0.05, 0.1) is 0 Å². The van der Waals surface area contributed by atoms with Crippen molar-refractivity contribution in [1.82, 2.24) is 0 Å².